The van der Waals surface area contributed by atoms with Gasteiger partial charge in [0.05, 0.1) is 20.8 Å². The number of aryl methyl sites for hydroxylation is 1. The molecule has 1 heterocycles. The van der Waals surface area contributed by atoms with Gasteiger partial charge in [-0.15, -0.1) is 11.3 Å². The Morgan fingerprint density at radius 2 is 1.74 bits per heavy atom. The second kappa shape index (κ2) is 15.0. The normalized spacial score (nSPS) is 10.6. The first-order valence-corrected chi connectivity index (χ1v) is 13.4. The quantitative estimate of drug-likeness (QED) is 0.284. The van der Waals surface area contributed by atoms with Crippen molar-refractivity contribution in [1.82, 2.24) is 9.80 Å². The lowest BCUT2D eigenvalue weighted by atomic mass is 10.1. The predicted octanol–water partition coefficient (Wildman–Crippen LogP) is 5.22. The van der Waals surface area contributed by atoms with Crippen LogP contribution in [0.4, 0.5) is 10.5 Å². The van der Waals surface area contributed by atoms with Crippen LogP contribution in [0.25, 0.3) is 0 Å². The van der Waals surface area contributed by atoms with Gasteiger partial charge in [-0.2, -0.15) is 0 Å². The fourth-order valence-electron chi connectivity index (χ4n) is 4.02. The molecule has 0 aliphatic heterocycles. The Hall–Kier alpha value is -3.56. The molecule has 3 aromatic rings. The van der Waals surface area contributed by atoms with E-state index in [-0.39, 0.29) is 18.5 Å². The molecule has 0 radical (unpaired) electrons. The molecule has 0 aliphatic carbocycles. The summed E-state index contributed by atoms with van der Waals surface area (Å²) < 4.78 is 16.0. The summed E-state index contributed by atoms with van der Waals surface area (Å²) in [6, 6.07) is 17.1. The maximum atomic E-state index is 13.6. The van der Waals surface area contributed by atoms with Gasteiger partial charge in [0.25, 0.3) is 0 Å². The van der Waals surface area contributed by atoms with Gasteiger partial charge < -0.3 is 29.3 Å². The monoisotopic (exact) mass is 539 g/mol. The number of rotatable bonds is 14. The highest BCUT2D eigenvalue weighted by molar-refractivity contribution is 7.09. The average molecular weight is 540 g/mol. The SMILES string of the molecule is COCCCN(CC(=O)N(CCc1ccc(OC)c(OC)c1)Cc1cccs1)C(=O)Nc1cccc(C)c1. The summed E-state index contributed by atoms with van der Waals surface area (Å²) in [7, 11) is 4.83. The standard InChI is InChI=1S/C29H37N3O5S/c1-22-8-5-9-24(18-22)30-29(34)32(14-7-16-35-2)21-28(33)31(20-25-10-6-17-38-25)15-13-23-11-12-26(36-3)27(19-23)37-4/h5-6,8-12,17-19H,7,13-16,20-21H2,1-4H3,(H,30,34). The molecule has 8 nitrogen and oxygen atoms in total. The van der Waals surface area contributed by atoms with E-state index in [4.69, 9.17) is 14.2 Å². The van der Waals surface area contributed by atoms with Crippen LogP contribution in [0, 0.1) is 6.92 Å². The largest absolute Gasteiger partial charge is 0.493 e. The molecule has 0 atom stereocenters. The molecule has 0 saturated heterocycles. The Balaban J connectivity index is 1.74. The Bertz CT molecular complexity index is 1170. The van der Waals surface area contributed by atoms with Crippen molar-refractivity contribution >= 4 is 29.0 Å². The Kier molecular flexibility index (Phi) is 11.4. The lowest BCUT2D eigenvalue weighted by molar-refractivity contribution is -0.132. The number of methoxy groups -OCH3 is 3. The molecule has 38 heavy (non-hydrogen) atoms. The minimum atomic E-state index is -0.309. The summed E-state index contributed by atoms with van der Waals surface area (Å²) in [6.45, 7) is 3.82. The number of nitrogens with one attached hydrogen (secondary N) is 1. The van der Waals surface area contributed by atoms with E-state index in [2.05, 4.69) is 5.32 Å². The Morgan fingerprint density at radius 1 is 0.921 bits per heavy atom. The first kappa shape index (κ1) is 29.0. The highest BCUT2D eigenvalue weighted by Crippen LogP contribution is 2.28. The maximum absolute atomic E-state index is 13.6. The van der Waals surface area contributed by atoms with Gasteiger partial charge in [0.15, 0.2) is 11.5 Å². The van der Waals surface area contributed by atoms with Crippen molar-refractivity contribution in [2.75, 3.05) is 52.9 Å². The summed E-state index contributed by atoms with van der Waals surface area (Å²) in [5, 5.41) is 4.93. The summed E-state index contributed by atoms with van der Waals surface area (Å²) in [5.74, 6) is 1.20. The van der Waals surface area contributed by atoms with E-state index in [1.54, 1.807) is 37.6 Å². The van der Waals surface area contributed by atoms with E-state index in [9.17, 15) is 9.59 Å². The third-order valence-corrected chi connectivity index (χ3v) is 6.92. The number of thiophene rings is 1. The number of hydrogen-bond acceptors (Lipinski definition) is 6. The minimum Gasteiger partial charge on any atom is -0.493 e. The second-order valence-corrected chi connectivity index (χ2v) is 9.93. The summed E-state index contributed by atoms with van der Waals surface area (Å²) in [5.41, 5.74) is 2.77. The number of nitrogens with zero attached hydrogens (tertiary/aromatic N) is 2. The number of benzene rings is 2. The fourth-order valence-corrected chi connectivity index (χ4v) is 4.74. The molecule has 1 aromatic heterocycles. The number of urea groups is 1. The topological polar surface area (TPSA) is 80.3 Å². The van der Waals surface area contributed by atoms with Crippen LogP contribution in [0.3, 0.4) is 0 Å². The molecule has 0 aliphatic rings. The number of carbonyl (C=O) groups excluding carboxylic acids is 2. The number of carbonyl (C=O) groups is 2. The molecular formula is C29H37N3O5S. The molecule has 3 amide bonds. The molecule has 3 rings (SSSR count). The average Bonchev–Trinajstić information content (AvgIpc) is 3.43. The van der Waals surface area contributed by atoms with Gasteiger partial charge in [-0.05, 0) is 66.6 Å². The van der Waals surface area contributed by atoms with Crippen molar-refractivity contribution in [3.63, 3.8) is 0 Å². The van der Waals surface area contributed by atoms with Crippen LogP contribution in [0.1, 0.15) is 22.4 Å². The number of ether oxygens (including phenoxy) is 3. The van der Waals surface area contributed by atoms with Crippen molar-refractivity contribution in [2.45, 2.75) is 26.3 Å². The highest BCUT2D eigenvalue weighted by Gasteiger charge is 2.22. The van der Waals surface area contributed by atoms with Crippen molar-refractivity contribution in [1.29, 1.82) is 0 Å². The van der Waals surface area contributed by atoms with Crippen LogP contribution < -0.4 is 14.8 Å². The maximum Gasteiger partial charge on any atom is 0.322 e. The number of hydrogen-bond donors (Lipinski definition) is 1. The summed E-state index contributed by atoms with van der Waals surface area (Å²) in [6.07, 6.45) is 1.26. The van der Waals surface area contributed by atoms with E-state index in [1.165, 1.54) is 0 Å². The molecular weight excluding hydrogens is 502 g/mol. The van der Waals surface area contributed by atoms with Crippen LogP contribution in [-0.2, 0) is 22.5 Å². The van der Waals surface area contributed by atoms with E-state index < -0.39 is 0 Å². The van der Waals surface area contributed by atoms with Gasteiger partial charge in [-0.3, -0.25) is 4.79 Å². The smallest absolute Gasteiger partial charge is 0.322 e. The molecule has 204 valence electrons. The molecule has 0 saturated carbocycles. The molecule has 2 aromatic carbocycles. The molecule has 0 spiro atoms. The minimum absolute atomic E-state index is 0.0291. The number of anilines is 1. The number of amides is 3. The second-order valence-electron chi connectivity index (χ2n) is 8.90. The molecule has 1 N–H and O–H groups in total. The van der Waals surface area contributed by atoms with Gasteiger partial charge >= 0.3 is 6.03 Å². The lowest BCUT2D eigenvalue weighted by Gasteiger charge is -2.28. The molecule has 0 bridgehead atoms. The van der Waals surface area contributed by atoms with E-state index in [1.807, 2.05) is 71.8 Å². The van der Waals surface area contributed by atoms with Crippen LogP contribution >= 0.6 is 11.3 Å². The predicted molar refractivity (Wildman–Crippen MR) is 151 cm³/mol. The van der Waals surface area contributed by atoms with E-state index in [0.29, 0.717) is 56.3 Å². The third kappa shape index (κ3) is 8.78. The highest BCUT2D eigenvalue weighted by atomic mass is 32.1. The van der Waals surface area contributed by atoms with Crippen molar-refractivity contribution in [3.05, 3.63) is 76.0 Å². The Morgan fingerprint density at radius 3 is 2.42 bits per heavy atom. The first-order valence-electron chi connectivity index (χ1n) is 12.6. The molecule has 0 unspecified atom stereocenters. The van der Waals surface area contributed by atoms with Crippen molar-refractivity contribution < 1.29 is 23.8 Å². The summed E-state index contributed by atoms with van der Waals surface area (Å²) >= 11 is 1.61. The summed E-state index contributed by atoms with van der Waals surface area (Å²) in [4.78, 5) is 31.2. The van der Waals surface area contributed by atoms with E-state index in [0.717, 1.165) is 16.0 Å². The van der Waals surface area contributed by atoms with Gasteiger partial charge in [0.2, 0.25) is 5.91 Å². The van der Waals surface area contributed by atoms with Crippen LogP contribution in [0.5, 0.6) is 11.5 Å². The van der Waals surface area contributed by atoms with Gasteiger partial charge in [-0.25, -0.2) is 4.79 Å². The van der Waals surface area contributed by atoms with Crippen LogP contribution in [0.15, 0.2) is 60.0 Å². The zero-order chi connectivity index (χ0) is 27.3. The lowest BCUT2D eigenvalue weighted by Crippen LogP contribution is -2.45. The molecule has 9 heteroatoms. The first-order chi connectivity index (χ1) is 18.4. The van der Waals surface area contributed by atoms with Crippen molar-refractivity contribution in [2.24, 2.45) is 0 Å². The zero-order valence-corrected chi connectivity index (χ0v) is 23.4. The molecule has 0 fully saturated rings. The van der Waals surface area contributed by atoms with Crippen LogP contribution in [-0.4, -0.2) is 69.3 Å². The van der Waals surface area contributed by atoms with Crippen molar-refractivity contribution in [3.8, 4) is 11.5 Å². The van der Waals surface area contributed by atoms with Gasteiger partial charge in [-0.1, -0.05) is 24.3 Å². The third-order valence-electron chi connectivity index (χ3n) is 6.06. The zero-order valence-electron chi connectivity index (χ0n) is 22.6. The van der Waals surface area contributed by atoms with E-state index >= 15 is 0 Å². The van der Waals surface area contributed by atoms with Crippen LogP contribution in [0.2, 0.25) is 0 Å². The van der Waals surface area contributed by atoms with Gasteiger partial charge in [0.1, 0.15) is 6.54 Å². The van der Waals surface area contributed by atoms with Gasteiger partial charge in [0, 0.05) is 37.4 Å². The fraction of sp³-hybridized carbons (Fsp3) is 0.379. The Labute approximate surface area is 229 Å².